The summed E-state index contributed by atoms with van der Waals surface area (Å²) in [6.45, 7) is 8.31. The topological polar surface area (TPSA) is 95.9 Å². The first-order valence-corrected chi connectivity index (χ1v) is 11.9. The number of fused-ring (bicyclic) bond motifs is 1. The van der Waals surface area contributed by atoms with Crippen LogP contribution in [0.3, 0.4) is 0 Å². The molecule has 8 heteroatoms. The molecule has 0 saturated carbocycles. The Balaban J connectivity index is 1.89. The maximum Gasteiger partial charge on any atom is 0.259 e. The molecule has 2 aromatic rings. The van der Waals surface area contributed by atoms with Gasteiger partial charge in [0.05, 0.1) is 25.6 Å². The van der Waals surface area contributed by atoms with Crippen LogP contribution in [0.25, 0.3) is 0 Å². The number of likely N-dealkylation sites (N-methyl/N-ethyl adjacent to an activating group) is 1. The van der Waals surface area contributed by atoms with E-state index >= 15 is 0 Å². The zero-order valence-electron chi connectivity index (χ0n) is 21.1. The monoisotopic (exact) mass is 478 g/mol. The van der Waals surface area contributed by atoms with Crippen LogP contribution >= 0.6 is 0 Å². The second-order valence-corrected chi connectivity index (χ2v) is 9.43. The number of carbonyl (C=O) groups excluding carboxylic acids is 2. The summed E-state index contributed by atoms with van der Waals surface area (Å²) in [5.41, 5.74) is 1.82. The Labute approximate surface area is 207 Å². The van der Waals surface area contributed by atoms with Crippen molar-refractivity contribution in [2.45, 2.75) is 46.3 Å². The molecule has 1 aliphatic heterocycles. The van der Waals surface area contributed by atoms with Gasteiger partial charge in [-0.25, -0.2) is 4.98 Å². The Morgan fingerprint density at radius 1 is 1.31 bits per heavy atom. The van der Waals surface area contributed by atoms with Crippen molar-refractivity contribution in [1.29, 1.82) is 0 Å². The molecule has 0 aliphatic carbocycles. The lowest BCUT2D eigenvalue weighted by atomic mass is 9.99. The van der Waals surface area contributed by atoms with Crippen LogP contribution in [0.4, 0.5) is 0 Å². The van der Waals surface area contributed by atoms with E-state index < -0.39 is 6.10 Å². The predicted octanol–water partition coefficient (Wildman–Crippen LogP) is 2.41. The number of hydrogen-bond donors (Lipinski definition) is 1. The van der Waals surface area contributed by atoms with Gasteiger partial charge in [-0.1, -0.05) is 32.6 Å². The minimum absolute atomic E-state index is 0.0433. The van der Waals surface area contributed by atoms with Crippen LogP contribution in [0.2, 0.25) is 0 Å². The number of aliphatic hydroxyl groups excluding tert-OH is 1. The smallest absolute Gasteiger partial charge is 0.259 e. The summed E-state index contributed by atoms with van der Waals surface area (Å²) in [6, 6.07) is 4.96. The van der Waals surface area contributed by atoms with Gasteiger partial charge in [-0.2, -0.15) is 0 Å². The van der Waals surface area contributed by atoms with Crippen molar-refractivity contribution < 1.29 is 19.4 Å². The molecule has 2 aromatic heterocycles. The van der Waals surface area contributed by atoms with Crippen LogP contribution < -0.4 is 4.74 Å². The number of carbonyl (C=O) groups is 2. The number of amides is 2. The molecule has 2 amide bonds. The van der Waals surface area contributed by atoms with Gasteiger partial charge in [-0.05, 0) is 30.7 Å². The van der Waals surface area contributed by atoms with Gasteiger partial charge in [0.15, 0.2) is 0 Å². The third-order valence-electron chi connectivity index (χ3n) is 6.01. The van der Waals surface area contributed by atoms with Gasteiger partial charge in [0.2, 0.25) is 11.8 Å². The van der Waals surface area contributed by atoms with E-state index in [9.17, 15) is 14.7 Å². The standard InChI is InChI=1S/C27H34N4O4/c1-18(2)6-7-22-12-23-26(29-14-22)35-24(19(3)15-31(27(23)34)20(4)17-32)16-30(5)25(33)13-21-8-10-28-11-9-21/h8-12,14,18-20,24,32H,13,15-17H2,1-5H3/t19-,20-,24+/m1/s1. The van der Waals surface area contributed by atoms with E-state index in [1.807, 2.05) is 39.8 Å². The van der Waals surface area contributed by atoms with Crippen LogP contribution in [0.1, 0.15) is 49.2 Å². The highest BCUT2D eigenvalue weighted by molar-refractivity contribution is 5.97. The summed E-state index contributed by atoms with van der Waals surface area (Å²) in [6.07, 6.45) is 4.79. The molecule has 3 rings (SSSR count). The molecule has 3 heterocycles. The molecule has 3 atom stereocenters. The maximum atomic E-state index is 13.4. The summed E-state index contributed by atoms with van der Waals surface area (Å²) in [4.78, 5) is 38.0. The Kier molecular flexibility index (Phi) is 8.83. The van der Waals surface area contributed by atoms with Gasteiger partial charge in [-0.3, -0.25) is 14.6 Å². The largest absolute Gasteiger partial charge is 0.472 e. The highest BCUT2D eigenvalue weighted by atomic mass is 16.5. The minimum Gasteiger partial charge on any atom is -0.472 e. The second kappa shape index (κ2) is 11.8. The lowest BCUT2D eigenvalue weighted by molar-refractivity contribution is -0.130. The second-order valence-electron chi connectivity index (χ2n) is 9.43. The molecule has 0 saturated heterocycles. The summed E-state index contributed by atoms with van der Waals surface area (Å²) in [5, 5.41) is 9.80. The van der Waals surface area contributed by atoms with Gasteiger partial charge in [0.25, 0.3) is 5.91 Å². The number of pyridine rings is 2. The Bertz CT molecular complexity index is 1090. The van der Waals surface area contributed by atoms with Crippen molar-refractivity contribution in [3.8, 4) is 17.7 Å². The Morgan fingerprint density at radius 2 is 2.03 bits per heavy atom. The SMILES string of the molecule is CC(C)C#Cc1cnc2c(c1)C(=O)N([C@H](C)CO)C[C@@H](C)[C@H](CN(C)C(=O)Cc1ccncc1)O2. The number of aromatic nitrogens is 2. The number of ether oxygens (including phenoxy) is 1. The fourth-order valence-electron chi connectivity index (χ4n) is 3.80. The molecular weight excluding hydrogens is 444 g/mol. The van der Waals surface area contributed by atoms with Gasteiger partial charge in [-0.15, -0.1) is 0 Å². The average Bonchev–Trinajstić information content (AvgIpc) is 2.84. The van der Waals surface area contributed by atoms with E-state index in [2.05, 4.69) is 21.8 Å². The summed E-state index contributed by atoms with van der Waals surface area (Å²) < 4.78 is 6.26. The summed E-state index contributed by atoms with van der Waals surface area (Å²) >= 11 is 0. The molecule has 8 nitrogen and oxygen atoms in total. The zero-order valence-corrected chi connectivity index (χ0v) is 21.1. The average molecular weight is 479 g/mol. The maximum absolute atomic E-state index is 13.4. The molecule has 1 aliphatic rings. The van der Waals surface area contributed by atoms with Crippen LogP contribution in [0, 0.1) is 23.7 Å². The minimum atomic E-state index is -0.401. The molecular formula is C27H34N4O4. The van der Waals surface area contributed by atoms with E-state index in [1.165, 1.54) is 0 Å². The van der Waals surface area contributed by atoms with E-state index in [4.69, 9.17) is 4.74 Å². The molecule has 186 valence electrons. The first-order chi connectivity index (χ1) is 16.7. The van der Waals surface area contributed by atoms with Crippen molar-refractivity contribution in [3.05, 3.63) is 53.5 Å². The fraction of sp³-hybridized carbons (Fsp3) is 0.481. The first-order valence-electron chi connectivity index (χ1n) is 11.9. The quantitative estimate of drug-likeness (QED) is 0.641. The molecule has 0 bridgehead atoms. The van der Waals surface area contributed by atoms with Gasteiger partial charge in [0, 0.05) is 49.6 Å². The fourth-order valence-corrected chi connectivity index (χ4v) is 3.80. The van der Waals surface area contributed by atoms with E-state index in [0.717, 1.165) is 5.56 Å². The van der Waals surface area contributed by atoms with Gasteiger partial charge in [0.1, 0.15) is 11.7 Å². The normalized spacial score (nSPS) is 18.5. The molecule has 0 spiro atoms. The first kappa shape index (κ1) is 26.2. The molecule has 0 radical (unpaired) electrons. The lowest BCUT2D eigenvalue weighted by Crippen LogP contribution is -2.50. The number of hydrogen-bond acceptors (Lipinski definition) is 6. The number of aliphatic hydroxyl groups is 1. The van der Waals surface area contributed by atoms with Crippen LogP contribution in [0.15, 0.2) is 36.8 Å². The molecule has 0 aromatic carbocycles. The van der Waals surface area contributed by atoms with Crippen molar-refractivity contribution in [2.24, 2.45) is 11.8 Å². The number of nitrogens with zero attached hydrogens (tertiary/aromatic N) is 4. The zero-order chi connectivity index (χ0) is 25.5. The van der Waals surface area contributed by atoms with Gasteiger partial charge >= 0.3 is 0 Å². The van der Waals surface area contributed by atoms with Crippen LogP contribution in [0.5, 0.6) is 5.88 Å². The third-order valence-corrected chi connectivity index (χ3v) is 6.01. The summed E-state index contributed by atoms with van der Waals surface area (Å²) in [5.74, 6) is 6.13. The highest BCUT2D eigenvalue weighted by Crippen LogP contribution is 2.27. The van der Waals surface area contributed by atoms with Crippen molar-refractivity contribution in [3.63, 3.8) is 0 Å². The van der Waals surface area contributed by atoms with Crippen molar-refractivity contribution in [1.82, 2.24) is 19.8 Å². The van der Waals surface area contributed by atoms with Gasteiger partial charge < -0.3 is 19.6 Å². The molecule has 0 unspecified atom stereocenters. The lowest BCUT2D eigenvalue weighted by Gasteiger charge is -2.37. The van der Waals surface area contributed by atoms with E-state index in [0.29, 0.717) is 24.2 Å². The molecule has 0 fully saturated rings. The van der Waals surface area contributed by atoms with Crippen molar-refractivity contribution >= 4 is 11.8 Å². The molecule has 35 heavy (non-hydrogen) atoms. The van der Waals surface area contributed by atoms with E-state index in [-0.39, 0.29) is 48.6 Å². The highest BCUT2D eigenvalue weighted by Gasteiger charge is 2.34. The summed E-state index contributed by atoms with van der Waals surface area (Å²) in [7, 11) is 1.75. The Hall–Kier alpha value is -3.44. The predicted molar refractivity (Wildman–Crippen MR) is 133 cm³/mol. The molecule has 1 N–H and O–H groups in total. The van der Waals surface area contributed by atoms with Crippen LogP contribution in [-0.4, -0.2) is 75.6 Å². The van der Waals surface area contributed by atoms with Crippen molar-refractivity contribution in [2.75, 3.05) is 26.7 Å². The Morgan fingerprint density at radius 3 is 2.69 bits per heavy atom. The number of rotatable bonds is 6. The third kappa shape index (κ3) is 6.80. The van der Waals surface area contributed by atoms with Crippen LogP contribution in [-0.2, 0) is 11.2 Å². The van der Waals surface area contributed by atoms with E-state index in [1.54, 1.807) is 41.5 Å².